The van der Waals surface area contributed by atoms with E-state index >= 15 is 0 Å². The standard InChI is InChI=1S/C12H11N5O4/c1-6-9(17(19)20)11(16-12(14)15-6)21-8-4-2-7(3-5-8)10(13)18/h2-5H,1H3,(H2,13,18)(H2,14,15,16). The summed E-state index contributed by atoms with van der Waals surface area (Å²) >= 11 is 0. The van der Waals surface area contributed by atoms with Crippen LogP contribution in [0.1, 0.15) is 16.1 Å². The van der Waals surface area contributed by atoms with Crippen LogP contribution in [0.5, 0.6) is 11.6 Å². The third-order valence-electron chi connectivity index (χ3n) is 2.58. The van der Waals surface area contributed by atoms with Crippen molar-refractivity contribution in [2.24, 2.45) is 5.73 Å². The summed E-state index contributed by atoms with van der Waals surface area (Å²) in [5, 5.41) is 11.0. The Kier molecular flexibility index (Phi) is 3.65. The first-order valence-electron chi connectivity index (χ1n) is 5.74. The Balaban J connectivity index is 2.39. The third kappa shape index (κ3) is 3.03. The second kappa shape index (κ2) is 5.41. The van der Waals surface area contributed by atoms with Crippen molar-refractivity contribution in [3.63, 3.8) is 0 Å². The van der Waals surface area contributed by atoms with E-state index < -0.39 is 10.8 Å². The normalized spacial score (nSPS) is 10.1. The average molecular weight is 289 g/mol. The van der Waals surface area contributed by atoms with Crippen molar-refractivity contribution < 1.29 is 14.5 Å². The zero-order valence-corrected chi connectivity index (χ0v) is 10.9. The van der Waals surface area contributed by atoms with Gasteiger partial charge in [0.25, 0.3) is 0 Å². The maximum atomic E-state index is 11.0. The van der Waals surface area contributed by atoms with Crippen LogP contribution in [-0.2, 0) is 0 Å². The molecule has 0 fully saturated rings. The molecule has 4 N–H and O–H groups in total. The first kappa shape index (κ1) is 14.2. The fraction of sp³-hybridized carbons (Fsp3) is 0.0833. The van der Waals surface area contributed by atoms with Gasteiger partial charge in [-0.2, -0.15) is 4.98 Å². The first-order chi connectivity index (χ1) is 9.88. The van der Waals surface area contributed by atoms with E-state index in [0.717, 1.165) is 0 Å². The van der Waals surface area contributed by atoms with Gasteiger partial charge in [0.05, 0.1) is 4.92 Å². The molecule has 0 saturated heterocycles. The number of aromatic nitrogens is 2. The molecule has 1 amide bonds. The van der Waals surface area contributed by atoms with Gasteiger partial charge in [-0.1, -0.05) is 0 Å². The van der Waals surface area contributed by atoms with Gasteiger partial charge in [0.2, 0.25) is 11.9 Å². The zero-order chi connectivity index (χ0) is 15.6. The van der Waals surface area contributed by atoms with Gasteiger partial charge < -0.3 is 16.2 Å². The Morgan fingerprint density at radius 3 is 2.43 bits per heavy atom. The molecule has 1 aromatic carbocycles. The highest BCUT2D eigenvalue weighted by Gasteiger charge is 2.23. The number of nitrogens with zero attached hydrogens (tertiary/aromatic N) is 3. The lowest BCUT2D eigenvalue weighted by Crippen LogP contribution is -2.10. The van der Waals surface area contributed by atoms with Crippen molar-refractivity contribution in [3.8, 4) is 11.6 Å². The number of aryl methyl sites for hydroxylation is 1. The summed E-state index contributed by atoms with van der Waals surface area (Å²) < 4.78 is 5.34. The average Bonchev–Trinajstić information content (AvgIpc) is 2.37. The lowest BCUT2D eigenvalue weighted by molar-refractivity contribution is -0.386. The van der Waals surface area contributed by atoms with Crippen LogP contribution in [0.3, 0.4) is 0 Å². The lowest BCUT2D eigenvalue weighted by Gasteiger charge is -2.07. The number of carbonyl (C=O) groups is 1. The highest BCUT2D eigenvalue weighted by atomic mass is 16.6. The molecule has 0 bridgehead atoms. The fourth-order valence-electron chi connectivity index (χ4n) is 1.64. The fourth-order valence-corrected chi connectivity index (χ4v) is 1.64. The van der Waals surface area contributed by atoms with Crippen molar-refractivity contribution in [3.05, 3.63) is 45.6 Å². The van der Waals surface area contributed by atoms with Crippen molar-refractivity contribution in [2.45, 2.75) is 6.92 Å². The van der Waals surface area contributed by atoms with Crippen molar-refractivity contribution >= 4 is 17.5 Å². The minimum absolute atomic E-state index is 0.0938. The quantitative estimate of drug-likeness (QED) is 0.633. The Bertz CT molecular complexity index is 714. The van der Waals surface area contributed by atoms with Crippen LogP contribution < -0.4 is 16.2 Å². The molecule has 1 aromatic heterocycles. The van der Waals surface area contributed by atoms with Gasteiger partial charge in [-0.05, 0) is 31.2 Å². The van der Waals surface area contributed by atoms with Crippen LogP contribution in [0.2, 0.25) is 0 Å². The Morgan fingerprint density at radius 2 is 1.90 bits per heavy atom. The molecule has 2 aromatic rings. The number of anilines is 1. The number of nitrogen functional groups attached to an aromatic ring is 1. The van der Waals surface area contributed by atoms with Crippen LogP contribution >= 0.6 is 0 Å². The van der Waals surface area contributed by atoms with Crippen LogP contribution in [-0.4, -0.2) is 20.8 Å². The molecule has 1 heterocycles. The molecule has 0 spiro atoms. The number of hydrogen-bond donors (Lipinski definition) is 2. The molecule has 0 radical (unpaired) electrons. The van der Waals surface area contributed by atoms with Gasteiger partial charge in [-0.3, -0.25) is 14.9 Å². The lowest BCUT2D eigenvalue weighted by atomic mass is 10.2. The number of primary amides is 1. The summed E-state index contributed by atoms with van der Waals surface area (Å²) in [6, 6.07) is 5.75. The van der Waals surface area contributed by atoms with Crippen molar-refractivity contribution in [2.75, 3.05) is 5.73 Å². The van der Waals surface area contributed by atoms with Crippen LogP contribution in [0.25, 0.3) is 0 Å². The van der Waals surface area contributed by atoms with E-state index in [9.17, 15) is 14.9 Å². The molecule has 108 valence electrons. The van der Waals surface area contributed by atoms with Gasteiger partial charge in [0.1, 0.15) is 11.4 Å². The van der Waals surface area contributed by atoms with Gasteiger partial charge in [0.15, 0.2) is 0 Å². The minimum atomic E-state index is -0.651. The number of nitro groups is 1. The van der Waals surface area contributed by atoms with E-state index in [1.807, 2.05) is 0 Å². The van der Waals surface area contributed by atoms with Crippen LogP contribution in [0, 0.1) is 17.0 Å². The van der Waals surface area contributed by atoms with Gasteiger partial charge in [-0.25, -0.2) is 4.98 Å². The molecular formula is C12H11N5O4. The van der Waals surface area contributed by atoms with E-state index in [-0.39, 0.29) is 34.5 Å². The zero-order valence-electron chi connectivity index (χ0n) is 10.9. The van der Waals surface area contributed by atoms with Gasteiger partial charge in [-0.15, -0.1) is 0 Å². The van der Waals surface area contributed by atoms with E-state index in [4.69, 9.17) is 16.2 Å². The number of hydrogen-bond acceptors (Lipinski definition) is 7. The molecule has 0 saturated carbocycles. The summed E-state index contributed by atoms with van der Waals surface area (Å²) in [5.74, 6) is -0.742. The number of carbonyl (C=O) groups excluding carboxylic acids is 1. The number of benzene rings is 1. The maximum Gasteiger partial charge on any atom is 0.352 e. The largest absolute Gasteiger partial charge is 0.434 e. The smallest absolute Gasteiger partial charge is 0.352 e. The van der Waals surface area contributed by atoms with E-state index in [1.165, 1.54) is 31.2 Å². The third-order valence-corrected chi connectivity index (χ3v) is 2.58. The molecule has 0 aliphatic carbocycles. The second-order valence-corrected chi connectivity index (χ2v) is 4.07. The molecule has 9 heteroatoms. The van der Waals surface area contributed by atoms with E-state index in [0.29, 0.717) is 0 Å². The maximum absolute atomic E-state index is 11.0. The van der Waals surface area contributed by atoms with Crippen LogP contribution in [0.4, 0.5) is 11.6 Å². The first-order valence-corrected chi connectivity index (χ1v) is 5.74. The molecule has 0 aliphatic heterocycles. The molecule has 0 atom stereocenters. The Labute approximate surface area is 118 Å². The highest BCUT2D eigenvalue weighted by molar-refractivity contribution is 5.92. The SMILES string of the molecule is Cc1nc(N)nc(Oc2ccc(C(N)=O)cc2)c1[N+](=O)[O-]. The Morgan fingerprint density at radius 1 is 1.29 bits per heavy atom. The monoisotopic (exact) mass is 289 g/mol. The van der Waals surface area contributed by atoms with E-state index in [2.05, 4.69) is 9.97 Å². The van der Waals surface area contributed by atoms with Crippen molar-refractivity contribution in [1.82, 2.24) is 9.97 Å². The number of ether oxygens (including phenoxy) is 1. The van der Waals surface area contributed by atoms with Crippen molar-refractivity contribution in [1.29, 1.82) is 0 Å². The molecule has 9 nitrogen and oxygen atoms in total. The number of nitrogens with two attached hydrogens (primary N) is 2. The topological polar surface area (TPSA) is 147 Å². The molecule has 2 rings (SSSR count). The predicted octanol–water partition coefficient (Wildman–Crippen LogP) is 1.17. The summed E-state index contributed by atoms with van der Waals surface area (Å²) in [5.41, 5.74) is 10.6. The molecular weight excluding hydrogens is 278 g/mol. The summed E-state index contributed by atoms with van der Waals surface area (Å²) in [6.07, 6.45) is 0. The molecule has 0 unspecified atom stereocenters. The highest BCUT2D eigenvalue weighted by Crippen LogP contribution is 2.31. The summed E-state index contributed by atoms with van der Waals surface area (Å²) in [4.78, 5) is 28.8. The van der Waals surface area contributed by atoms with E-state index in [1.54, 1.807) is 0 Å². The second-order valence-electron chi connectivity index (χ2n) is 4.07. The summed E-state index contributed by atoms with van der Waals surface area (Å²) in [6.45, 7) is 1.43. The van der Waals surface area contributed by atoms with Gasteiger partial charge >= 0.3 is 11.6 Å². The molecule has 21 heavy (non-hydrogen) atoms. The predicted molar refractivity (Wildman–Crippen MR) is 72.9 cm³/mol. The molecule has 0 aliphatic rings. The summed E-state index contributed by atoms with van der Waals surface area (Å²) in [7, 11) is 0. The Hall–Kier alpha value is -3.23. The number of rotatable bonds is 4. The number of amides is 1. The van der Waals surface area contributed by atoms with Gasteiger partial charge in [0, 0.05) is 5.56 Å². The van der Waals surface area contributed by atoms with Crippen LogP contribution in [0.15, 0.2) is 24.3 Å². The minimum Gasteiger partial charge on any atom is -0.434 e.